The molecule has 0 aliphatic heterocycles. The van der Waals surface area contributed by atoms with Crippen LogP contribution >= 0.6 is 11.8 Å². The van der Waals surface area contributed by atoms with E-state index in [1.54, 1.807) is 23.9 Å². The van der Waals surface area contributed by atoms with Crippen LogP contribution in [0.3, 0.4) is 0 Å². The molecule has 0 spiro atoms. The van der Waals surface area contributed by atoms with E-state index in [4.69, 9.17) is 0 Å². The molecule has 1 nitrogen and oxygen atoms in total. The normalized spacial score (nSPS) is 10.8. The third-order valence-electron chi connectivity index (χ3n) is 4.17. The van der Waals surface area contributed by atoms with Crippen LogP contribution in [0.1, 0.15) is 11.3 Å². The summed E-state index contributed by atoms with van der Waals surface area (Å²) < 4.78 is 15.9. The Morgan fingerprint density at radius 2 is 1.88 bits per heavy atom. The van der Waals surface area contributed by atoms with Gasteiger partial charge < -0.3 is 4.57 Å². The van der Waals surface area contributed by atoms with E-state index in [0.29, 0.717) is 0 Å². The second-order valence-corrected chi connectivity index (χ2v) is 6.56. The molecular weight excluding hydrogens is 317 g/mol. The van der Waals surface area contributed by atoms with Gasteiger partial charge in [-0.25, -0.2) is 4.39 Å². The molecule has 0 aliphatic carbocycles. The van der Waals surface area contributed by atoms with Gasteiger partial charge in [0.2, 0.25) is 0 Å². The predicted molar refractivity (Wildman–Crippen MR) is 102 cm³/mol. The number of aromatic nitrogens is 1. The first-order chi connectivity index (χ1) is 11.6. The molecule has 122 valence electrons. The molecule has 3 heteroatoms. The van der Waals surface area contributed by atoms with E-state index in [0.717, 1.165) is 29.1 Å². The van der Waals surface area contributed by atoms with E-state index < -0.39 is 0 Å². The first-order valence-electron chi connectivity index (χ1n) is 7.86. The van der Waals surface area contributed by atoms with E-state index in [1.165, 1.54) is 16.5 Å². The molecule has 1 heterocycles. The third kappa shape index (κ3) is 3.17. The molecule has 0 fully saturated rings. The molecular formula is C21H20FNS. The largest absolute Gasteiger partial charge is 0.314 e. The molecule has 0 aliphatic rings. The van der Waals surface area contributed by atoms with Crippen molar-refractivity contribution in [2.24, 2.45) is 0 Å². The van der Waals surface area contributed by atoms with Gasteiger partial charge in [-0.15, -0.1) is 18.3 Å². The second-order valence-electron chi connectivity index (χ2n) is 5.68. The molecule has 0 unspecified atom stereocenters. The Bertz CT molecular complexity index is 862. The molecule has 0 saturated carbocycles. The summed E-state index contributed by atoms with van der Waals surface area (Å²) in [5, 5.41) is 0. The summed E-state index contributed by atoms with van der Waals surface area (Å²) in [5.41, 5.74) is 5.35. The van der Waals surface area contributed by atoms with Crippen molar-refractivity contribution in [3.63, 3.8) is 0 Å². The molecule has 1 aromatic heterocycles. The number of nitrogens with zero attached hydrogens (tertiary/aromatic N) is 1. The van der Waals surface area contributed by atoms with Gasteiger partial charge >= 0.3 is 0 Å². The Morgan fingerprint density at radius 3 is 2.50 bits per heavy atom. The minimum atomic E-state index is -0.227. The Kier molecular flexibility index (Phi) is 4.91. The average molecular weight is 337 g/mol. The molecule has 24 heavy (non-hydrogen) atoms. The van der Waals surface area contributed by atoms with Crippen molar-refractivity contribution in [3.8, 4) is 16.9 Å². The zero-order chi connectivity index (χ0) is 17.1. The van der Waals surface area contributed by atoms with Gasteiger partial charge in [-0.2, -0.15) is 0 Å². The highest BCUT2D eigenvalue weighted by atomic mass is 32.2. The van der Waals surface area contributed by atoms with E-state index in [-0.39, 0.29) is 5.82 Å². The molecule has 0 amide bonds. The summed E-state index contributed by atoms with van der Waals surface area (Å²) in [6.45, 7) is 5.92. The fraction of sp³-hybridized carbons (Fsp3) is 0.143. The monoisotopic (exact) mass is 337 g/mol. The van der Waals surface area contributed by atoms with Crippen LogP contribution in [0, 0.1) is 12.7 Å². The lowest BCUT2D eigenvalue weighted by atomic mass is 10.1. The lowest BCUT2D eigenvalue weighted by molar-refractivity contribution is 0.626. The number of benzene rings is 2. The Morgan fingerprint density at radius 1 is 1.12 bits per heavy atom. The first kappa shape index (κ1) is 16.6. The maximum absolute atomic E-state index is 13.7. The first-order valence-corrected chi connectivity index (χ1v) is 9.09. The number of hydrogen-bond donors (Lipinski definition) is 0. The van der Waals surface area contributed by atoms with E-state index in [2.05, 4.69) is 54.7 Å². The standard InChI is InChI=1S/C21H20FNS/c1-4-6-17-13-21(16-9-11-20(24-3)12-10-16)23(15(17)2)19-8-5-7-18(22)14-19/h4-5,7-14H,1,6H2,2-3H3. The lowest BCUT2D eigenvalue weighted by Crippen LogP contribution is -2.00. The number of rotatable bonds is 5. The van der Waals surface area contributed by atoms with Gasteiger partial charge in [0, 0.05) is 16.3 Å². The predicted octanol–water partition coefficient (Wildman–Crippen LogP) is 6.04. The van der Waals surface area contributed by atoms with Gasteiger partial charge in [-0.3, -0.25) is 0 Å². The van der Waals surface area contributed by atoms with Crippen molar-refractivity contribution in [3.05, 3.63) is 84.3 Å². The fourth-order valence-corrected chi connectivity index (χ4v) is 3.35. The summed E-state index contributed by atoms with van der Waals surface area (Å²) in [6.07, 6.45) is 4.76. The van der Waals surface area contributed by atoms with Crippen molar-refractivity contribution in [1.82, 2.24) is 4.57 Å². The van der Waals surface area contributed by atoms with Gasteiger partial charge in [-0.05, 0) is 67.1 Å². The highest BCUT2D eigenvalue weighted by Gasteiger charge is 2.14. The van der Waals surface area contributed by atoms with Crippen LogP contribution in [-0.2, 0) is 6.42 Å². The molecule has 0 N–H and O–H groups in total. The maximum Gasteiger partial charge on any atom is 0.125 e. The van der Waals surface area contributed by atoms with Crippen molar-refractivity contribution in [2.75, 3.05) is 6.26 Å². The molecule has 0 saturated heterocycles. The number of allylic oxidation sites excluding steroid dienone is 1. The smallest absolute Gasteiger partial charge is 0.125 e. The zero-order valence-corrected chi connectivity index (χ0v) is 14.7. The van der Waals surface area contributed by atoms with Gasteiger partial charge in [0.05, 0.1) is 5.69 Å². The fourth-order valence-electron chi connectivity index (χ4n) is 2.94. The summed E-state index contributed by atoms with van der Waals surface area (Å²) in [4.78, 5) is 1.23. The summed E-state index contributed by atoms with van der Waals surface area (Å²) in [5.74, 6) is -0.227. The van der Waals surface area contributed by atoms with Crippen molar-refractivity contribution in [1.29, 1.82) is 0 Å². The highest BCUT2D eigenvalue weighted by Crippen LogP contribution is 2.31. The number of thioether (sulfide) groups is 1. The van der Waals surface area contributed by atoms with Crippen molar-refractivity contribution >= 4 is 11.8 Å². The van der Waals surface area contributed by atoms with Gasteiger partial charge in [0.15, 0.2) is 0 Å². The highest BCUT2D eigenvalue weighted by molar-refractivity contribution is 7.98. The third-order valence-corrected chi connectivity index (χ3v) is 4.91. The molecule has 0 radical (unpaired) electrons. The lowest BCUT2D eigenvalue weighted by Gasteiger charge is -2.13. The van der Waals surface area contributed by atoms with Crippen LogP contribution in [0.2, 0.25) is 0 Å². The quantitative estimate of drug-likeness (QED) is 0.406. The Balaban J connectivity index is 2.19. The maximum atomic E-state index is 13.7. The summed E-state index contributed by atoms with van der Waals surface area (Å²) >= 11 is 1.72. The van der Waals surface area contributed by atoms with Crippen LogP contribution < -0.4 is 0 Å². The van der Waals surface area contributed by atoms with Crippen molar-refractivity contribution < 1.29 is 4.39 Å². The van der Waals surface area contributed by atoms with Gasteiger partial charge in [0.25, 0.3) is 0 Å². The number of halogens is 1. The number of hydrogen-bond acceptors (Lipinski definition) is 1. The van der Waals surface area contributed by atoms with E-state index in [1.807, 2.05) is 12.1 Å². The molecule has 0 bridgehead atoms. The van der Waals surface area contributed by atoms with E-state index >= 15 is 0 Å². The van der Waals surface area contributed by atoms with Gasteiger partial charge in [-0.1, -0.05) is 24.3 Å². The summed E-state index contributed by atoms with van der Waals surface area (Å²) in [6, 6.07) is 17.4. The minimum absolute atomic E-state index is 0.227. The van der Waals surface area contributed by atoms with Crippen LogP contribution in [-0.4, -0.2) is 10.8 Å². The van der Waals surface area contributed by atoms with Crippen LogP contribution in [0.5, 0.6) is 0 Å². The molecule has 2 aromatic carbocycles. The van der Waals surface area contributed by atoms with Gasteiger partial charge in [0.1, 0.15) is 5.82 Å². The van der Waals surface area contributed by atoms with Crippen LogP contribution in [0.4, 0.5) is 4.39 Å². The topological polar surface area (TPSA) is 4.93 Å². The molecule has 3 aromatic rings. The molecule has 0 atom stereocenters. The minimum Gasteiger partial charge on any atom is -0.314 e. The van der Waals surface area contributed by atoms with E-state index in [9.17, 15) is 4.39 Å². The second kappa shape index (κ2) is 7.10. The molecule has 3 rings (SSSR count). The van der Waals surface area contributed by atoms with Crippen molar-refractivity contribution in [2.45, 2.75) is 18.2 Å². The average Bonchev–Trinajstić information content (AvgIpc) is 2.92. The summed E-state index contributed by atoms with van der Waals surface area (Å²) in [7, 11) is 0. The Hall–Kier alpha value is -2.26. The Labute approximate surface area is 146 Å². The van der Waals surface area contributed by atoms with Crippen LogP contribution in [0.15, 0.2) is 72.1 Å². The SMILES string of the molecule is C=CCc1cc(-c2ccc(SC)cc2)n(-c2cccc(F)c2)c1C. The van der Waals surface area contributed by atoms with Crippen LogP contribution in [0.25, 0.3) is 16.9 Å². The zero-order valence-electron chi connectivity index (χ0n) is 13.9.